The van der Waals surface area contributed by atoms with E-state index in [1.54, 1.807) is 7.11 Å². The van der Waals surface area contributed by atoms with Crippen LogP contribution < -0.4 is 10.1 Å². The van der Waals surface area contributed by atoms with E-state index >= 15 is 0 Å². The van der Waals surface area contributed by atoms with Crippen LogP contribution in [0.2, 0.25) is 0 Å². The van der Waals surface area contributed by atoms with Gasteiger partial charge in [-0.3, -0.25) is 9.69 Å². The quantitative estimate of drug-likeness (QED) is 0.869. The average Bonchev–Trinajstić information content (AvgIpc) is 3.08. The maximum Gasteiger partial charge on any atom is 0.243 e. The molecule has 0 spiro atoms. The summed E-state index contributed by atoms with van der Waals surface area (Å²) in [5, 5.41) is 5.50. The summed E-state index contributed by atoms with van der Waals surface area (Å²) in [6.45, 7) is 8.15. The minimum Gasteiger partial charge on any atom is -0.497 e. The molecule has 0 aliphatic carbocycles. The lowest BCUT2D eigenvalue weighted by Gasteiger charge is -2.40. The van der Waals surface area contributed by atoms with E-state index < -0.39 is 0 Å². The van der Waals surface area contributed by atoms with E-state index in [2.05, 4.69) is 15.2 Å². The number of hydrogen-bond acceptors (Lipinski definition) is 6. The number of methoxy groups -OCH3 is 1. The summed E-state index contributed by atoms with van der Waals surface area (Å²) in [6, 6.07) is 7.48. The molecule has 1 aromatic heterocycles. The summed E-state index contributed by atoms with van der Waals surface area (Å²) in [5.41, 5.74) is 1.61. The van der Waals surface area contributed by atoms with E-state index in [1.807, 2.05) is 50.4 Å². The van der Waals surface area contributed by atoms with Gasteiger partial charge in [-0.15, -0.1) is 11.3 Å². The highest BCUT2D eigenvalue weighted by Crippen LogP contribution is 2.27. The van der Waals surface area contributed by atoms with Crippen LogP contribution in [0.25, 0.3) is 11.3 Å². The van der Waals surface area contributed by atoms with Crippen LogP contribution in [0.3, 0.4) is 0 Å². The Kier molecular flexibility index (Phi) is 5.60. The van der Waals surface area contributed by atoms with E-state index in [0.29, 0.717) is 11.7 Å². The number of morpholine rings is 1. The molecule has 1 saturated heterocycles. The van der Waals surface area contributed by atoms with Gasteiger partial charge >= 0.3 is 0 Å². The van der Waals surface area contributed by atoms with Crippen LogP contribution in [0.15, 0.2) is 29.6 Å². The Hall–Kier alpha value is -1.96. The molecule has 140 valence electrons. The number of benzene rings is 1. The highest BCUT2D eigenvalue weighted by atomic mass is 32.1. The first-order valence-electron chi connectivity index (χ1n) is 8.67. The van der Waals surface area contributed by atoms with Crippen LogP contribution >= 0.6 is 11.3 Å². The van der Waals surface area contributed by atoms with Gasteiger partial charge in [0.2, 0.25) is 5.91 Å². The third-order valence-electron chi connectivity index (χ3n) is 4.50. The standard InChI is InChI=1S/C19H25N3O3S/c1-13(22-9-10-25-19(2,3)12-22)17(23)21-18-20-16(11-26-18)14-5-7-15(24-4)8-6-14/h5-8,11,13H,9-10,12H2,1-4H3,(H,20,21,23). The van der Waals surface area contributed by atoms with Crippen molar-refractivity contribution >= 4 is 22.4 Å². The van der Waals surface area contributed by atoms with Crippen molar-refractivity contribution in [2.45, 2.75) is 32.4 Å². The molecule has 1 unspecified atom stereocenters. The Morgan fingerprint density at radius 2 is 2.12 bits per heavy atom. The number of aromatic nitrogens is 1. The molecule has 3 rings (SSSR count). The van der Waals surface area contributed by atoms with Crippen molar-refractivity contribution in [3.05, 3.63) is 29.6 Å². The molecular weight excluding hydrogens is 350 g/mol. The van der Waals surface area contributed by atoms with Crippen molar-refractivity contribution in [2.24, 2.45) is 0 Å². The van der Waals surface area contributed by atoms with E-state index in [0.717, 1.165) is 30.1 Å². The molecule has 1 amide bonds. The number of carbonyl (C=O) groups is 1. The number of ether oxygens (including phenoxy) is 2. The molecule has 2 aromatic rings. The summed E-state index contributed by atoms with van der Waals surface area (Å²) in [7, 11) is 1.64. The summed E-state index contributed by atoms with van der Waals surface area (Å²) >= 11 is 1.43. The van der Waals surface area contributed by atoms with Crippen molar-refractivity contribution in [1.82, 2.24) is 9.88 Å². The third kappa shape index (κ3) is 4.41. The normalized spacial score (nSPS) is 18.3. The second-order valence-electron chi connectivity index (χ2n) is 7.01. The minimum absolute atomic E-state index is 0.0432. The van der Waals surface area contributed by atoms with Crippen LogP contribution in [-0.4, -0.2) is 54.2 Å². The molecule has 0 saturated carbocycles. The smallest absolute Gasteiger partial charge is 0.243 e. The van der Waals surface area contributed by atoms with Gasteiger partial charge in [-0.25, -0.2) is 4.98 Å². The van der Waals surface area contributed by atoms with Gasteiger partial charge < -0.3 is 14.8 Å². The van der Waals surface area contributed by atoms with Crippen molar-refractivity contribution < 1.29 is 14.3 Å². The zero-order valence-corrected chi connectivity index (χ0v) is 16.4. The van der Waals surface area contributed by atoms with E-state index in [4.69, 9.17) is 9.47 Å². The SMILES string of the molecule is COc1ccc(-c2csc(NC(=O)C(C)N3CCOC(C)(C)C3)n2)cc1. The second-order valence-corrected chi connectivity index (χ2v) is 7.87. The van der Waals surface area contributed by atoms with Crippen LogP contribution in [0, 0.1) is 0 Å². The molecule has 1 fully saturated rings. The first kappa shape index (κ1) is 18.8. The molecule has 7 heteroatoms. The number of nitrogens with one attached hydrogen (secondary N) is 1. The fourth-order valence-corrected chi connectivity index (χ4v) is 3.71. The lowest BCUT2D eigenvalue weighted by molar-refractivity contribution is -0.129. The van der Waals surface area contributed by atoms with Crippen molar-refractivity contribution in [1.29, 1.82) is 0 Å². The number of amides is 1. The van der Waals surface area contributed by atoms with Gasteiger partial charge in [0, 0.05) is 24.0 Å². The lowest BCUT2D eigenvalue weighted by Crippen LogP contribution is -2.54. The molecule has 1 aromatic carbocycles. The summed E-state index contributed by atoms with van der Waals surface area (Å²) in [6.07, 6.45) is 0. The van der Waals surface area contributed by atoms with E-state index in [9.17, 15) is 4.79 Å². The van der Waals surface area contributed by atoms with Crippen molar-refractivity contribution in [2.75, 3.05) is 32.1 Å². The first-order chi connectivity index (χ1) is 12.4. The van der Waals surface area contributed by atoms with Crippen molar-refractivity contribution in [3.63, 3.8) is 0 Å². The highest BCUT2D eigenvalue weighted by Gasteiger charge is 2.32. The van der Waals surface area contributed by atoms with Gasteiger partial charge in [-0.2, -0.15) is 0 Å². The van der Waals surface area contributed by atoms with E-state index in [1.165, 1.54) is 11.3 Å². The van der Waals surface area contributed by atoms with Crippen molar-refractivity contribution in [3.8, 4) is 17.0 Å². The fraction of sp³-hybridized carbons (Fsp3) is 0.474. The molecule has 1 atom stereocenters. The summed E-state index contributed by atoms with van der Waals surface area (Å²) in [4.78, 5) is 19.3. The molecule has 2 heterocycles. The number of carbonyl (C=O) groups excluding carboxylic acids is 1. The molecule has 6 nitrogen and oxygen atoms in total. The van der Waals surface area contributed by atoms with Gasteiger partial charge in [0.25, 0.3) is 0 Å². The number of nitrogens with zero attached hydrogens (tertiary/aromatic N) is 2. The summed E-state index contributed by atoms with van der Waals surface area (Å²) < 4.78 is 10.9. The largest absolute Gasteiger partial charge is 0.497 e. The van der Waals surface area contributed by atoms with Crippen LogP contribution in [-0.2, 0) is 9.53 Å². The molecule has 0 radical (unpaired) electrons. The molecular formula is C19H25N3O3S. The first-order valence-corrected chi connectivity index (χ1v) is 9.55. The highest BCUT2D eigenvalue weighted by molar-refractivity contribution is 7.14. The number of rotatable bonds is 5. The molecule has 1 N–H and O–H groups in total. The maximum atomic E-state index is 12.6. The Morgan fingerprint density at radius 3 is 2.77 bits per heavy atom. The topological polar surface area (TPSA) is 63.7 Å². The monoisotopic (exact) mass is 375 g/mol. The Balaban J connectivity index is 1.63. The predicted molar refractivity (Wildman–Crippen MR) is 104 cm³/mol. The van der Waals surface area contributed by atoms with Crippen LogP contribution in [0.1, 0.15) is 20.8 Å². The van der Waals surface area contributed by atoms with Crippen LogP contribution in [0.4, 0.5) is 5.13 Å². The minimum atomic E-state index is -0.230. The van der Waals surface area contributed by atoms with Crippen LogP contribution in [0.5, 0.6) is 5.75 Å². The van der Waals surface area contributed by atoms with Gasteiger partial charge in [-0.05, 0) is 45.0 Å². The van der Waals surface area contributed by atoms with Gasteiger partial charge in [-0.1, -0.05) is 0 Å². The van der Waals surface area contributed by atoms with Gasteiger partial charge in [0.05, 0.1) is 31.1 Å². The fourth-order valence-electron chi connectivity index (χ4n) is 2.98. The summed E-state index contributed by atoms with van der Waals surface area (Å²) in [5.74, 6) is 0.762. The zero-order chi connectivity index (χ0) is 18.7. The zero-order valence-electron chi connectivity index (χ0n) is 15.6. The Morgan fingerprint density at radius 1 is 1.38 bits per heavy atom. The Bertz CT molecular complexity index is 758. The number of hydrogen-bond donors (Lipinski definition) is 1. The maximum absolute atomic E-state index is 12.6. The molecule has 26 heavy (non-hydrogen) atoms. The average molecular weight is 375 g/mol. The second kappa shape index (κ2) is 7.73. The third-order valence-corrected chi connectivity index (χ3v) is 5.26. The molecule has 0 bridgehead atoms. The lowest BCUT2D eigenvalue weighted by atomic mass is 10.1. The number of thiazole rings is 1. The number of anilines is 1. The molecule has 1 aliphatic heterocycles. The molecule has 1 aliphatic rings. The van der Waals surface area contributed by atoms with Gasteiger partial charge in [0.15, 0.2) is 5.13 Å². The van der Waals surface area contributed by atoms with Gasteiger partial charge in [0.1, 0.15) is 5.75 Å². The predicted octanol–water partition coefficient (Wildman–Crippen LogP) is 3.26. The Labute approximate surface area is 158 Å². The van der Waals surface area contributed by atoms with E-state index in [-0.39, 0.29) is 17.6 Å².